The molecule has 0 atom stereocenters. The average molecular weight is 479 g/mol. The Balaban J connectivity index is 1.26. The quantitative estimate of drug-likeness (QED) is 0.450. The molecule has 1 amide bonds. The van der Waals surface area contributed by atoms with Gasteiger partial charge in [0, 0.05) is 55.6 Å². The number of aryl methyl sites for hydroxylation is 1. The predicted molar refractivity (Wildman–Crippen MR) is 141 cm³/mol. The molecule has 1 fully saturated rings. The van der Waals surface area contributed by atoms with Crippen LogP contribution in [0.15, 0.2) is 79.1 Å². The molecule has 6 rings (SSSR count). The molecule has 7 nitrogen and oxygen atoms in total. The summed E-state index contributed by atoms with van der Waals surface area (Å²) < 4.78 is 2.04. The average Bonchev–Trinajstić information content (AvgIpc) is 3.19. The lowest BCUT2D eigenvalue weighted by molar-refractivity contribution is 0.0903. The summed E-state index contributed by atoms with van der Waals surface area (Å²) in [7, 11) is 0. The molecule has 1 saturated heterocycles. The first-order valence-electron chi connectivity index (χ1n) is 12.5. The number of rotatable bonds is 4. The Labute approximate surface area is 211 Å². The molecule has 0 radical (unpaired) electrons. The van der Waals surface area contributed by atoms with E-state index in [1.54, 1.807) is 12.4 Å². The van der Waals surface area contributed by atoms with Crippen molar-refractivity contribution in [2.24, 2.45) is 0 Å². The zero-order chi connectivity index (χ0) is 24.7. The summed E-state index contributed by atoms with van der Waals surface area (Å²) >= 11 is 0. The largest absolute Gasteiger partial charge is 0.362 e. The lowest BCUT2D eigenvalue weighted by atomic mass is 9.89. The summed E-state index contributed by atoms with van der Waals surface area (Å²) in [6.45, 7) is 6.83. The highest BCUT2D eigenvalue weighted by Crippen LogP contribution is 2.40. The number of nitrogens with one attached hydrogen (secondary N) is 1. The van der Waals surface area contributed by atoms with Crippen LogP contribution in [0.4, 0.5) is 11.4 Å². The number of likely N-dealkylation sites (tertiary alicyclic amines) is 1. The number of hydrogen-bond donors (Lipinski definition) is 1. The number of piperidine rings is 1. The lowest BCUT2D eigenvalue weighted by Gasteiger charge is -2.52. The molecule has 0 saturated carbocycles. The minimum Gasteiger partial charge on any atom is -0.362 e. The number of para-hydroxylation sites is 2. The van der Waals surface area contributed by atoms with Gasteiger partial charge in [0.1, 0.15) is 5.66 Å². The van der Waals surface area contributed by atoms with Crippen molar-refractivity contribution in [3.8, 4) is 5.69 Å². The van der Waals surface area contributed by atoms with Crippen LogP contribution in [0.1, 0.15) is 40.2 Å². The Morgan fingerprint density at radius 2 is 1.64 bits per heavy atom. The van der Waals surface area contributed by atoms with Gasteiger partial charge in [0.2, 0.25) is 0 Å². The Hall–Kier alpha value is -3.97. The maximum atomic E-state index is 13.7. The van der Waals surface area contributed by atoms with Crippen LogP contribution >= 0.6 is 0 Å². The van der Waals surface area contributed by atoms with Crippen molar-refractivity contribution in [2.75, 3.05) is 23.3 Å². The van der Waals surface area contributed by atoms with Gasteiger partial charge in [-0.05, 0) is 50.2 Å². The Morgan fingerprint density at radius 3 is 2.39 bits per heavy atom. The summed E-state index contributed by atoms with van der Waals surface area (Å²) in [6.07, 6.45) is 5.15. The third kappa shape index (κ3) is 3.76. The molecule has 2 aliphatic rings. The molecule has 4 aromatic rings. The van der Waals surface area contributed by atoms with E-state index in [2.05, 4.69) is 41.2 Å². The summed E-state index contributed by atoms with van der Waals surface area (Å²) in [5.74, 6) is 0.0293. The summed E-state index contributed by atoms with van der Waals surface area (Å²) in [4.78, 5) is 22.4. The van der Waals surface area contributed by atoms with Gasteiger partial charge in [-0.25, -0.2) is 4.68 Å². The van der Waals surface area contributed by atoms with Crippen molar-refractivity contribution in [2.45, 2.75) is 38.9 Å². The van der Waals surface area contributed by atoms with Crippen LogP contribution in [-0.4, -0.2) is 44.3 Å². The molecule has 0 unspecified atom stereocenters. The summed E-state index contributed by atoms with van der Waals surface area (Å²) in [5, 5.41) is 8.59. The topological polar surface area (TPSA) is 66.3 Å². The third-order valence-electron chi connectivity index (χ3n) is 7.57. The van der Waals surface area contributed by atoms with Gasteiger partial charge in [0.15, 0.2) is 0 Å². The molecule has 182 valence electrons. The van der Waals surface area contributed by atoms with E-state index in [1.807, 2.05) is 64.2 Å². The maximum absolute atomic E-state index is 13.7. The van der Waals surface area contributed by atoms with E-state index >= 15 is 0 Å². The standard InChI is InChI=1S/C29H30N6O/c1-21-26(22(2)35(32-21)23-9-4-3-5-10-23)20-33-17-14-29(15-18-33)31-27-13-7-6-12-25(27)28(36)34(29)24-11-8-16-30-19-24/h3-13,16,19,31H,14-15,17-18,20H2,1-2H3. The molecule has 36 heavy (non-hydrogen) atoms. The molecular formula is C29H30N6O. The van der Waals surface area contributed by atoms with Crippen molar-refractivity contribution in [1.82, 2.24) is 19.7 Å². The first-order valence-corrected chi connectivity index (χ1v) is 12.5. The van der Waals surface area contributed by atoms with E-state index in [4.69, 9.17) is 5.10 Å². The number of aromatic nitrogens is 3. The molecule has 0 aliphatic carbocycles. The fourth-order valence-electron chi connectivity index (χ4n) is 5.63. The van der Waals surface area contributed by atoms with Gasteiger partial charge in [-0.15, -0.1) is 0 Å². The number of carbonyl (C=O) groups excluding carboxylic acids is 1. The second-order valence-electron chi connectivity index (χ2n) is 9.73. The van der Waals surface area contributed by atoms with Gasteiger partial charge < -0.3 is 5.32 Å². The fourth-order valence-corrected chi connectivity index (χ4v) is 5.63. The van der Waals surface area contributed by atoms with Crippen LogP contribution in [0.25, 0.3) is 5.69 Å². The predicted octanol–water partition coefficient (Wildman–Crippen LogP) is 4.95. The van der Waals surface area contributed by atoms with Gasteiger partial charge >= 0.3 is 0 Å². The first-order chi connectivity index (χ1) is 17.6. The second kappa shape index (κ2) is 8.91. The van der Waals surface area contributed by atoms with Gasteiger partial charge in [-0.3, -0.25) is 19.6 Å². The Morgan fingerprint density at radius 1 is 0.917 bits per heavy atom. The van der Waals surface area contributed by atoms with Crippen molar-refractivity contribution in [3.63, 3.8) is 0 Å². The fraction of sp³-hybridized carbons (Fsp3) is 0.276. The molecule has 1 N–H and O–H groups in total. The first kappa shape index (κ1) is 22.5. The third-order valence-corrected chi connectivity index (χ3v) is 7.57. The molecule has 2 aromatic heterocycles. The minimum absolute atomic E-state index is 0.0293. The molecular weight excluding hydrogens is 448 g/mol. The Bertz CT molecular complexity index is 1390. The van der Waals surface area contributed by atoms with Crippen LogP contribution in [0.5, 0.6) is 0 Å². The zero-order valence-electron chi connectivity index (χ0n) is 20.7. The highest BCUT2D eigenvalue weighted by Gasteiger charge is 2.47. The summed E-state index contributed by atoms with van der Waals surface area (Å²) in [6, 6.07) is 21.9. The van der Waals surface area contributed by atoms with Crippen LogP contribution in [-0.2, 0) is 6.54 Å². The van der Waals surface area contributed by atoms with E-state index in [9.17, 15) is 4.79 Å². The van der Waals surface area contributed by atoms with Crippen molar-refractivity contribution < 1.29 is 4.79 Å². The van der Waals surface area contributed by atoms with Crippen molar-refractivity contribution in [1.29, 1.82) is 0 Å². The number of nitrogens with zero attached hydrogens (tertiary/aromatic N) is 5. The van der Waals surface area contributed by atoms with E-state index in [0.717, 1.165) is 55.2 Å². The van der Waals surface area contributed by atoms with E-state index < -0.39 is 5.66 Å². The molecule has 2 aromatic carbocycles. The van der Waals surface area contributed by atoms with Gasteiger partial charge in [0.25, 0.3) is 5.91 Å². The van der Waals surface area contributed by atoms with Crippen LogP contribution in [0.3, 0.4) is 0 Å². The number of hydrogen-bond acceptors (Lipinski definition) is 5. The smallest absolute Gasteiger partial charge is 0.262 e. The highest BCUT2D eigenvalue weighted by atomic mass is 16.2. The molecule has 1 spiro atoms. The van der Waals surface area contributed by atoms with Gasteiger partial charge in [-0.2, -0.15) is 5.10 Å². The highest BCUT2D eigenvalue weighted by molar-refractivity contribution is 6.12. The lowest BCUT2D eigenvalue weighted by Crippen LogP contribution is -2.64. The van der Waals surface area contributed by atoms with Gasteiger partial charge in [-0.1, -0.05) is 30.3 Å². The summed E-state index contributed by atoms with van der Waals surface area (Å²) in [5.41, 5.74) is 6.55. The zero-order valence-corrected chi connectivity index (χ0v) is 20.7. The number of fused-ring (bicyclic) bond motifs is 1. The number of amides is 1. The molecule has 4 heterocycles. The number of carbonyl (C=O) groups is 1. The monoisotopic (exact) mass is 478 g/mol. The van der Waals surface area contributed by atoms with Crippen LogP contribution in [0, 0.1) is 13.8 Å². The Kier molecular flexibility index (Phi) is 5.57. The second-order valence-corrected chi connectivity index (χ2v) is 9.73. The molecule has 7 heteroatoms. The normalized spacial score (nSPS) is 17.2. The van der Waals surface area contributed by atoms with Crippen molar-refractivity contribution >= 4 is 17.3 Å². The van der Waals surface area contributed by atoms with E-state index in [1.165, 1.54) is 11.3 Å². The number of anilines is 2. The van der Waals surface area contributed by atoms with E-state index in [-0.39, 0.29) is 5.91 Å². The maximum Gasteiger partial charge on any atom is 0.262 e. The minimum atomic E-state index is -0.483. The number of pyridine rings is 1. The van der Waals surface area contributed by atoms with Gasteiger partial charge in [0.05, 0.1) is 28.8 Å². The van der Waals surface area contributed by atoms with Crippen LogP contribution in [0.2, 0.25) is 0 Å². The SMILES string of the molecule is Cc1nn(-c2ccccc2)c(C)c1CN1CCC2(CC1)Nc1ccccc1C(=O)N2c1cccnc1. The van der Waals surface area contributed by atoms with Crippen molar-refractivity contribution in [3.05, 3.63) is 102 Å². The van der Waals surface area contributed by atoms with E-state index in [0.29, 0.717) is 5.56 Å². The molecule has 2 aliphatic heterocycles. The molecule has 0 bridgehead atoms. The van der Waals surface area contributed by atoms with Crippen LogP contribution < -0.4 is 10.2 Å². The number of benzene rings is 2.